The van der Waals surface area contributed by atoms with Gasteiger partial charge in [0.2, 0.25) is 0 Å². The number of fused-ring (bicyclic) bond motifs is 1. The summed E-state index contributed by atoms with van der Waals surface area (Å²) in [6, 6.07) is 8.10. The number of benzene rings is 2. The second-order valence-electron chi connectivity index (χ2n) is 4.77. The maximum atomic E-state index is 12.6. The molecular formula is C16H8BrClF2O4. The first-order chi connectivity index (χ1) is 11.4. The molecule has 8 heteroatoms. The van der Waals surface area contributed by atoms with E-state index in [1.54, 1.807) is 6.07 Å². The number of alkyl halides is 2. The predicted octanol–water partition coefficient (Wildman–Crippen LogP) is 5.18. The van der Waals surface area contributed by atoms with E-state index in [1.165, 1.54) is 12.1 Å². The average Bonchev–Trinajstić information content (AvgIpc) is 2.51. The SMILES string of the molecule is O=c1cc(-c2cc(O)c(Br)cc2OC(F)F)oc2c(Cl)cccc12. The minimum absolute atomic E-state index is 0.00470. The minimum Gasteiger partial charge on any atom is -0.507 e. The summed E-state index contributed by atoms with van der Waals surface area (Å²) in [6.07, 6.45) is 0. The number of para-hydroxylation sites is 1. The number of phenolic OH excluding ortho intramolecular Hbond substituents is 1. The molecule has 3 aromatic rings. The van der Waals surface area contributed by atoms with Crippen LogP contribution in [0.25, 0.3) is 22.3 Å². The zero-order valence-electron chi connectivity index (χ0n) is 11.7. The third-order valence-electron chi connectivity index (χ3n) is 3.24. The maximum Gasteiger partial charge on any atom is 0.387 e. The quantitative estimate of drug-likeness (QED) is 0.638. The van der Waals surface area contributed by atoms with Crippen LogP contribution in [0.15, 0.2) is 50.1 Å². The normalized spacial score (nSPS) is 11.2. The van der Waals surface area contributed by atoms with Crippen LogP contribution in [0.1, 0.15) is 0 Å². The van der Waals surface area contributed by atoms with Crippen LogP contribution in [-0.2, 0) is 0 Å². The van der Waals surface area contributed by atoms with E-state index < -0.39 is 12.0 Å². The molecule has 0 atom stereocenters. The van der Waals surface area contributed by atoms with Crippen molar-refractivity contribution in [3.8, 4) is 22.8 Å². The van der Waals surface area contributed by atoms with Gasteiger partial charge in [-0.05, 0) is 40.2 Å². The molecule has 2 aromatic carbocycles. The van der Waals surface area contributed by atoms with Crippen molar-refractivity contribution in [2.75, 3.05) is 0 Å². The molecule has 24 heavy (non-hydrogen) atoms. The lowest BCUT2D eigenvalue weighted by Gasteiger charge is -2.12. The summed E-state index contributed by atoms with van der Waals surface area (Å²) in [5, 5.41) is 10.3. The molecular weight excluding hydrogens is 410 g/mol. The topological polar surface area (TPSA) is 59.7 Å². The summed E-state index contributed by atoms with van der Waals surface area (Å²) in [4.78, 5) is 12.2. The van der Waals surface area contributed by atoms with Crippen molar-refractivity contribution in [2.24, 2.45) is 0 Å². The first kappa shape index (κ1) is 16.7. The zero-order valence-corrected chi connectivity index (χ0v) is 14.1. The van der Waals surface area contributed by atoms with Crippen molar-refractivity contribution < 1.29 is 23.0 Å². The van der Waals surface area contributed by atoms with Crippen LogP contribution < -0.4 is 10.2 Å². The molecule has 1 aromatic heterocycles. The van der Waals surface area contributed by atoms with Gasteiger partial charge in [-0.3, -0.25) is 4.79 Å². The molecule has 0 aliphatic rings. The highest BCUT2D eigenvalue weighted by Crippen LogP contribution is 2.39. The number of halogens is 4. The number of phenols is 1. The van der Waals surface area contributed by atoms with Gasteiger partial charge >= 0.3 is 6.61 Å². The fourth-order valence-electron chi connectivity index (χ4n) is 2.21. The number of hydrogen-bond donors (Lipinski definition) is 1. The van der Waals surface area contributed by atoms with Crippen LogP contribution in [0, 0.1) is 0 Å². The van der Waals surface area contributed by atoms with E-state index in [9.17, 15) is 18.7 Å². The Morgan fingerprint density at radius 1 is 1.25 bits per heavy atom. The predicted molar refractivity (Wildman–Crippen MR) is 88.9 cm³/mol. The highest BCUT2D eigenvalue weighted by atomic mass is 79.9. The van der Waals surface area contributed by atoms with Crippen LogP contribution >= 0.6 is 27.5 Å². The number of rotatable bonds is 3. The summed E-state index contributed by atoms with van der Waals surface area (Å²) in [7, 11) is 0. The van der Waals surface area contributed by atoms with E-state index in [0.29, 0.717) is 0 Å². The molecule has 0 aliphatic carbocycles. The Labute approximate surface area is 147 Å². The van der Waals surface area contributed by atoms with Gasteiger partial charge in [0.15, 0.2) is 11.0 Å². The molecule has 0 unspecified atom stereocenters. The van der Waals surface area contributed by atoms with Crippen LogP contribution in [0.3, 0.4) is 0 Å². The van der Waals surface area contributed by atoms with Gasteiger partial charge in [0.25, 0.3) is 0 Å². The lowest BCUT2D eigenvalue weighted by molar-refractivity contribution is -0.0495. The minimum atomic E-state index is -3.09. The van der Waals surface area contributed by atoms with Crippen LogP contribution in [-0.4, -0.2) is 11.7 Å². The fourth-order valence-corrected chi connectivity index (χ4v) is 2.74. The Hall–Kier alpha value is -2.12. The highest BCUT2D eigenvalue weighted by Gasteiger charge is 2.18. The molecule has 0 saturated carbocycles. The molecule has 0 aliphatic heterocycles. The van der Waals surface area contributed by atoms with Gasteiger partial charge in [-0.15, -0.1) is 0 Å². The molecule has 0 fully saturated rings. The van der Waals surface area contributed by atoms with Crippen molar-refractivity contribution in [3.05, 3.63) is 56.1 Å². The second-order valence-corrected chi connectivity index (χ2v) is 6.03. The Kier molecular flexibility index (Phi) is 4.47. The highest BCUT2D eigenvalue weighted by molar-refractivity contribution is 9.10. The lowest BCUT2D eigenvalue weighted by Crippen LogP contribution is -2.05. The first-order valence-electron chi connectivity index (χ1n) is 6.57. The Balaban J connectivity index is 2.29. The smallest absolute Gasteiger partial charge is 0.387 e. The van der Waals surface area contributed by atoms with Crippen molar-refractivity contribution in [2.45, 2.75) is 6.61 Å². The number of ether oxygens (including phenoxy) is 1. The standard InChI is InChI=1S/C16H8BrClF2O4/c17-9-5-13(24-16(19)20)8(4-12(9)22)14-6-11(21)7-2-1-3-10(18)15(7)23-14/h1-6,16,22H. The molecule has 124 valence electrons. The summed E-state index contributed by atoms with van der Waals surface area (Å²) in [5.41, 5.74) is -0.291. The van der Waals surface area contributed by atoms with Crippen molar-refractivity contribution in [1.29, 1.82) is 0 Å². The number of aromatic hydroxyl groups is 1. The van der Waals surface area contributed by atoms with Crippen molar-refractivity contribution in [1.82, 2.24) is 0 Å². The molecule has 0 saturated heterocycles. The van der Waals surface area contributed by atoms with Gasteiger partial charge in [-0.25, -0.2) is 0 Å². The fraction of sp³-hybridized carbons (Fsp3) is 0.0625. The molecule has 3 rings (SSSR count). The second kappa shape index (κ2) is 6.41. The van der Waals surface area contributed by atoms with E-state index in [2.05, 4.69) is 20.7 Å². The Morgan fingerprint density at radius 2 is 2.00 bits per heavy atom. The van der Waals surface area contributed by atoms with Gasteiger partial charge in [-0.2, -0.15) is 8.78 Å². The van der Waals surface area contributed by atoms with E-state index in [4.69, 9.17) is 16.0 Å². The first-order valence-corrected chi connectivity index (χ1v) is 7.74. The van der Waals surface area contributed by atoms with Gasteiger partial charge < -0.3 is 14.3 Å². The number of hydrogen-bond acceptors (Lipinski definition) is 4. The molecule has 4 nitrogen and oxygen atoms in total. The Morgan fingerprint density at radius 3 is 2.71 bits per heavy atom. The van der Waals surface area contributed by atoms with E-state index in [1.807, 2.05) is 0 Å². The van der Waals surface area contributed by atoms with E-state index in [-0.39, 0.29) is 43.3 Å². The largest absolute Gasteiger partial charge is 0.507 e. The summed E-state index contributed by atoms with van der Waals surface area (Å²) < 4.78 is 35.5. The monoisotopic (exact) mass is 416 g/mol. The van der Waals surface area contributed by atoms with Gasteiger partial charge in [-0.1, -0.05) is 17.7 Å². The van der Waals surface area contributed by atoms with E-state index in [0.717, 1.165) is 18.2 Å². The average molecular weight is 418 g/mol. The summed E-state index contributed by atoms with van der Waals surface area (Å²) in [6.45, 7) is -3.09. The van der Waals surface area contributed by atoms with Gasteiger partial charge in [0.1, 0.15) is 17.3 Å². The van der Waals surface area contributed by atoms with Crippen molar-refractivity contribution in [3.63, 3.8) is 0 Å². The molecule has 0 amide bonds. The van der Waals surface area contributed by atoms with Crippen LogP contribution in [0.5, 0.6) is 11.5 Å². The third-order valence-corrected chi connectivity index (χ3v) is 4.17. The van der Waals surface area contributed by atoms with Gasteiger partial charge in [0.05, 0.1) is 20.4 Å². The van der Waals surface area contributed by atoms with Gasteiger partial charge in [0, 0.05) is 6.07 Å². The Bertz CT molecular complexity index is 988. The van der Waals surface area contributed by atoms with Crippen LogP contribution in [0.2, 0.25) is 5.02 Å². The zero-order chi connectivity index (χ0) is 17.4. The van der Waals surface area contributed by atoms with Crippen molar-refractivity contribution >= 4 is 38.5 Å². The summed E-state index contributed by atoms with van der Waals surface area (Å²) in [5.74, 6) is -0.545. The lowest BCUT2D eigenvalue weighted by atomic mass is 10.1. The third kappa shape index (κ3) is 3.09. The van der Waals surface area contributed by atoms with E-state index >= 15 is 0 Å². The molecule has 0 bridgehead atoms. The maximum absolute atomic E-state index is 12.6. The molecule has 0 spiro atoms. The molecule has 0 radical (unpaired) electrons. The molecule has 1 heterocycles. The molecule has 1 N–H and O–H groups in total. The van der Waals surface area contributed by atoms with Crippen LogP contribution in [0.4, 0.5) is 8.78 Å². The summed E-state index contributed by atoms with van der Waals surface area (Å²) >= 11 is 9.05.